The molecule has 154 valence electrons. The van der Waals surface area contributed by atoms with Crippen LogP contribution in [0.4, 0.5) is 0 Å². The minimum atomic E-state index is 0. The van der Waals surface area contributed by atoms with Crippen LogP contribution in [0.2, 0.25) is 0 Å². The number of benzene rings is 1. The maximum atomic E-state index is 5.48. The second-order valence-corrected chi connectivity index (χ2v) is 7.02. The fourth-order valence-corrected chi connectivity index (χ4v) is 3.22. The van der Waals surface area contributed by atoms with Gasteiger partial charge in [-0.2, -0.15) is 0 Å². The number of ether oxygens (including phenoxy) is 2. The van der Waals surface area contributed by atoms with Crippen molar-refractivity contribution in [3.63, 3.8) is 0 Å². The summed E-state index contributed by atoms with van der Waals surface area (Å²) in [4.78, 5) is 6.87. The first kappa shape index (κ1) is 24.1. The summed E-state index contributed by atoms with van der Waals surface area (Å²) in [5.74, 6) is 1.41. The fraction of sp³-hybridized carbons (Fsp3) is 0.650. The molecule has 1 saturated heterocycles. The third kappa shape index (κ3) is 8.33. The van der Waals surface area contributed by atoms with Gasteiger partial charge in [0.05, 0.1) is 19.8 Å². The molecule has 1 aromatic carbocycles. The summed E-state index contributed by atoms with van der Waals surface area (Å²) in [6, 6.07) is 8.93. The molecule has 0 amide bonds. The maximum absolute atomic E-state index is 5.48. The molecule has 1 atom stereocenters. The van der Waals surface area contributed by atoms with Crippen LogP contribution >= 0.6 is 24.0 Å². The molecular weight excluding hydrogens is 455 g/mol. The van der Waals surface area contributed by atoms with Gasteiger partial charge in [0.1, 0.15) is 0 Å². The Labute approximate surface area is 181 Å². The Morgan fingerprint density at radius 3 is 2.33 bits per heavy atom. The van der Waals surface area contributed by atoms with E-state index >= 15 is 0 Å². The predicted molar refractivity (Wildman–Crippen MR) is 122 cm³/mol. The van der Waals surface area contributed by atoms with E-state index in [1.54, 1.807) is 7.11 Å². The molecule has 0 saturated carbocycles. The molecule has 2 N–H and O–H groups in total. The van der Waals surface area contributed by atoms with Crippen LogP contribution in [0.25, 0.3) is 0 Å². The summed E-state index contributed by atoms with van der Waals surface area (Å²) < 4.78 is 10.6. The number of nitrogens with zero attached hydrogens (tertiary/aromatic N) is 2. The maximum Gasteiger partial charge on any atom is 0.191 e. The molecule has 2 rings (SSSR count). The summed E-state index contributed by atoms with van der Waals surface area (Å²) in [6.45, 7) is 10.5. The highest BCUT2D eigenvalue weighted by molar-refractivity contribution is 14.0. The van der Waals surface area contributed by atoms with Crippen LogP contribution in [0.15, 0.2) is 29.3 Å². The Bertz CT molecular complexity index is 545. The molecule has 0 spiro atoms. The van der Waals surface area contributed by atoms with Crippen molar-refractivity contribution in [3.05, 3.63) is 35.4 Å². The predicted octanol–water partition coefficient (Wildman–Crippen LogP) is 2.47. The van der Waals surface area contributed by atoms with Gasteiger partial charge in [0.2, 0.25) is 0 Å². The standard InChI is InChI=1S/C20H34N4O2.HI/c1-16(2)19(24-9-11-26-12-10-24)14-23-20(21-3)22-13-17-5-7-18(8-6-17)15-25-4;/h5-8,16,19H,9-15H2,1-4H3,(H2,21,22,23);1H. The van der Waals surface area contributed by atoms with Crippen LogP contribution in [0.5, 0.6) is 0 Å². The van der Waals surface area contributed by atoms with Crippen molar-refractivity contribution in [2.24, 2.45) is 10.9 Å². The molecule has 0 aromatic heterocycles. The van der Waals surface area contributed by atoms with Gasteiger partial charge in [0.25, 0.3) is 0 Å². The molecule has 1 aliphatic rings. The second kappa shape index (κ2) is 13.3. The van der Waals surface area contributed by atoms with E-state index in [0.29, 0.717) is 18.6 Å². The van der Waals surface area contributed by atoms with Gasteiger partial charge in [-0.15, -0.1) is 24.0 Å². The lowest BCUT2D eigenvalue weighted by Gasteiger charge is -2.37. The second-order valence-electron chi connectivity index (χ2n) is 7.02. The van der Waals surface area contributed by atoms with Crippen molar-refractivity contribution < 1.29 is 9.47 Å². The van der Waals surface area contributed by atoms with Gasteiger partial charge in [0, 0.05) is 46.4 Å². The van der Waals surface area contributed by atoms with E-state index in [1.807, 2.05) is 7.05 Å². The quantitative estimate of drug-likeness (QED) is 0.333. The molecule has 27 heavy (non-hydrogen) atoms. The van der Waals surface area contributed by atoms with Crippen molar-refractivity contribution in [1.29, 1.82) is 0 Å². The van der Waals surface area contributed by atoms with E-state index in [4.69, 9.17) is 9.47 Å². The summed E-state index contributed by atoms with van der Waals surface area (Å²) in [5, 5.41) is 6.89. The molecule has 7 heteroatoms. The molecule has 1 fully saturated rings. The molecule has 6 nitrogen and oxygen atoms in total. The molecule has 1 unspecified atom stereocenters. The van der Waals surface area contributed by atoms with Crippen LogP contribution in [0.3, 0.4) is 0 Å². The average Bonchev–Trinajstić information content (AvgIpc) is 2.66. The average molecular weight is 490 g/mol. The van der Waals surface area contributed by atoms with Gasteiger partial charge in [-0.25, -0.2) is 0 Å². The molecule has 0 aliphatic carbocycles. The molecule has 1 aromatic rings. The van der Waals surface area contributed by atoms with E-state index in [-0.39, 0.29) is 24.0 Å². The Balaban J connectivity index is 0.00000364. The minimum Gasteiger partial charge on any atom is -0.380 e. The zero-order chi connectivity index (χ0) is 18.8. The lowest BCUT2D eigenvalue weighted by molar-refractivity contribution is 0.00752. The number of aliphatic imine (C=N–C) groups is 1. The van der Waals surface area contributed by atoms with Gasteiger partial charge in [-0.1, -0.05) is 38.1 Å². The number of rotatable bonds is 8. The first-order chi connectivity index (χ1) is 12.6. The number of guanidine groups is 1. The van der Waals surface area contributed by atoms with Gasteiger partial charge in [0.15, 0.2) is 5.96 Å². The van der Waals surface area contributed by atoms with Crippen LogP contribution in [-0.4, -0.2) is 63.9 Å². The van der Waals surface area contributed by atoms with E-state index in [0.717, 1.165) is 45.4 Å². The number of hydrogen-bond donors (Lipinski definition) is 2. The van der Waals surface area contributed by atoms with Crippen molar-refractivity contribution >= 4 is 29.9 Å². The van der Waals surface area contributed by atoms with Gasteiger partial charge in [-0.3, -0.25) is 9.89 Å². The number of hydrogen-bond acceptors (Lipinski definition) is 4. The molecular formula is C20H35IN4O2. The van der Waals surface area contributed by atoms with Gasteiger partial charge in [-0.05, 0) is 17.0 Å². The smallest absolute Gasteiger partial charge is 0.191 e. The monoisotopic (exact) mass is 490 g/mol. The minimum absolute atomic E-state index is 0. The lowest BCUT2D eigenvalue weighted by Crippen LogP contribution is -2.52. The Hall–Kier alpha value is -0.900. The van der Waals surface area contributed by atoms with Crippen molar-refractivity contribution in [2.75, 3.05) is 47.0 Å². The summed E-state index contributed by atoms with van der Waals surface area (Å²) in [5.41, 5.74) is 2.41. The third-order valence-electron chi connectivity index (χ3n) is 4.78. The van der Waals surface area contributed by atoms with E-state index in [1.165, 1.54) is 11.1 Å². The van der Waals surface area contributed by atoms with Crippen LogP contribution in [0.1, 0.15) is 25.0 Å². The van der Waals surface area contributed by atoms with E-state index < -0.39 is 0 Å². The van der Waals surface area contributed by atoms with Crippen LogP contribution < -0.4 is 10.6 Å². The number of morpholine rings is 1. The topological polar surface area (TPSA) is 58.1 Å². The molecule has 0 radical (unpaired) electrons. The first-order valence-corrected chi connectivity index (χ1v) is 9.47. The normalized spacial score (nSPS) is 16.7. The van der Waals surface area contributed by atoms with Gasteiger partial charge >= 0.3 is 0 Å². The van der Waals surface area contributed by atoms with Crippen molar-refractivity contribution in [3.8, 4) is 0 Å². The third-order valence-corrected chi connectivity index (χ3v) is 4.78. The molecule has 0 bridgehead atoms. The Morgan fingerprint density at radius 1 is 1.15 bits per heavy atom. The van der Waals surface area contributed by atoms with E-state index in [9.17, 15) is 0 Å². The largest absolute Gasteiger partial charge is 0.380 e. The van der Waals surface area contributed by atoms with Crippen LogP contribution in [-0.2, 0) is 22.6 Å². The van der Waals surface area contributed by atoms with Crippen LogP contribution in [0, 0.1) is 5.92 Å². The zero-order valence-corrected chi connectivity index (χ0v) is 19.4. The summed E-state index contributed by atoms with van der Waals surface area (Å²) in [7, 11) is 3.53. The van der Waals surface area contributed by atoms with Gasteiger partial charge < -0.3 is 20.1 Å². The molecule has 1 aliphatic heterocycles. The number of methoxy groups -OCH3 is 1. The fourth-order valence-electron chi connectivity index (χ4n) is 3.22. The first-order valence-electron chi connectivity index (χ1n) is 9.47. The number of halogens is 1. The van der Waals surface area contributed by atoms with Crippen molar-refractivity contribution in [1.82, 2.24) is 15.5 Å². The Kier molecular flexibility index (Phi) is 11.9. The SMILES string of the molecule is CN=C(NCc1ccc(COC)cc1)NCC(C(C)C)N1CCOCC1.I. The Morgan fingerprint density at radius 2 is 1.78 bits per heavy atom. The summed E-state index contributed by atoms with van der Waals surface area (Å²) in [6.07, 6.45) is 0. The highest BCUT2D eigenvalue weighted by Crippen LogP contribution is 2.12. The van der Waals surface area contributed by atoms with E-state index in [2.05, 4.69) is 58.6 Å². The highest BCUT2D eigenvalue weighted by Gasteiger charge is 2.23. The van der Waals surface area contributed by atoms with Crippen molar-refractivity contribution in [2.45, 2.75) is 33.0 Å². The highest BCUT2D eigenvalue weighted by atomic mass is 127. The zero-order valence-electron chi connectivity index (χ0n) is 17.0. The summed E-state index contributed by atoms with van der Waals surface area (Å²) >= 11 is 0. The lowest BCUT2D eigenvalue weighted by atomic mass is 10.0. The molecule has 1 heterocycles. The number of nitrogens with one attached hydrogen (secondary N) is 2.